The molecular formula is C20H22BrFN6. The summed E-state index contributed by atoms with van der Waals surface area (Å²) in [6, 6.07) is 9.13. The van der Waals surface area contributed by atoms with Gasteiger partial charge >= 0.3 is 0 Å². The van der Waals surface area contributed by atoms with Crippen LogP contribution in [-0.2, 0) is 13.0 Å². The number of nitrogens with zero attached hydrogens (tertiary/aromatic N) is 4. The van der Waals surface area contributed by atoms with Crippen molar-refractivity contribution in [2.75, 3.05) is 13.6 Å². The molecule has 2 heterocycles. The van der Waals surface area contributed by atoms with Crippen molar-refractivity contribution >= 4 is 21.9 Å². The summed E-state index contributed by atoms with van der Waals surface area (Å²) in [6.45, 7) is 1.31. The number of benzene rings is 1. The van der Waals surface area contributed by atoms with Gasteiger partial charge in [0.2, 0.25) is 0 Å². The zero-order chi connectivity index (χ0) is 19.8. The molecule has 0 atom stereocenters. The van der Waals surface area contributed by atoms with Gasteiger partial charge in [0.05, 0.1) is 0 Å². The highest BCUT2D eigenvalue weighted by molar-refractivity contribution is 9.10. The summed E-state index contributed by atoms with van der Waals surface area (Å²) in [5, 5.41) is 6.51. The number of imidazole rings is 1. The van der Waals surface area contributed by atoms with Gasteiger partial charge in [-0.05, 0) is 42.2 Å². The molecule has 6 nitrogen and oxygen atoms in total. The number of aryl methyl sites for hydroxylation is 1. The van der Waals surface area contributed by atoms with E-state index in [0.29, 0.717) is 25.5 Å². The van der Waals surface area contributed by atoms with E-state index in [9.17, 15) is 4.39 Å². The molecule has 28 heavy (non-hydrogen) atoms. The molecule has 0 saturated carbocycles. The summed E-state index contributed by atoms with van der Waals surface area (Å²) in [6.07, 6.45) is 8.59. The van der Waals surface area contributed by atoms with Crippen molar-refractivity contribution in [2.24, 2.45) is 4.99 Å². The van der Waals surface area contributed by atoms with Crippen molar-refractivity contribution < 1.29 is 4.39 Å². The van der Waals surface area contributed by atoms with Gasteiger partial charge in [-0.2, -0.15) is 0 Å². The second-order valence-electron chi connectivity index (χ2n) is 6.19. The van der Waals surface area contributed by atoms with Crippen molar-refractivity contribution in [2.45, 2.75) is 19.4 Å². The first-order valence-electron chi connectivity index (χ1n) is 8.97. The second-order valence-corrected chi connectivity index (χ2v) is 7.10. The molecule has 8 heteroatoms. The lowest BCUT2D eigenvalue weighted by atomic mass is 10.1. The van der Waals surface area contributed by atoms with E-state index in [0.717, 1.165) is 27.8 Å². The quantitative estimate of drug-likeness (QED) is 0.332. The minimum Gasteiger partial charge on any atom is -0.356 e. The Bertz CT molecular complexity index is 909. The van der Waals surface area contributed by atoms with E-state index < -0.39 is 0 Å². The molecule has 3 aromatic rings. The first-order valence-corrected chi connectivity index (χ1v) is 9.76. The lowest BCUT2D eigenvalue weighted by Crippen LogP contribution is -2.37. The Morgan fingerprint density at radius 3 is 2.82 bits per heavy atom. The third-order valence-corrected chi connectivity index (χ3v) is 4.69. The van der Waals surface area contributed by atoms with Gasteiger partial charge in [-0.1, -0.05) is 28.1 Å². The summed E-state index contributed by atoms with van der Waals surface area (Å²) >= 11 is 3.27. The van der Waals surface area contributed by atoms with Gasteiger partial charge < -0.3 is 10.6 Å². The van der Waals surface area contributed by atoms with Crippen LogP contribution in [0.1, 0.15) is 17.5 Å². The fraction of sp³-hybridized carbons (Fsp3) is 0.250. The third kappa shape index (κ3) is 5.63. The van der Waals surface area contributed by atoms with Crippen LogP contribution in [0.2, 0.25) is 0 Å². The summed E-state index contributed by atoms with van der Waals surface area (Å²) in [5.74, 6) is 1.35. The third-order valence-electron chi connectivity index (χ3n) is 4.19. The Morgan fingerprint density at radius 2 is 2.14 bits per heavy atom. The maximum Gasteiger partial charge on any atom is 0.191 e. The fourth-order valence-electron chi connectivity index (χ4n) is 2.69. The van der Waals surface area contributed by atoms with E-state index in [2.05, 4.69) is 41.5 Å². The number of rotatable bonds is 7. The first kappa shape index (κ1) is 20.0. The van der Waals surface area contributed by atoms with Crippen molar-refractivity contribution in [1.29, 1.82) is 0 Å². The number of hydrogen-bond acceptors (Lipinski definition) is 3. The summed E-state index contributed by atoms with van der Waals surface area (Å²) in [7, 11) is 1.73. The van der Waals surface area contributed by atoms with Crippen LogP contribution in [-0.4, -0.2) is 34.1 Å². The van der Waals surface area contributed by atoms with Gasteiger partial charge in [-0.25, -0.2) is 14.4 Å². The molecule has 0 unspecified atom stereocenters. The summed E-state index contributed by atoms with van der Waals surface area (Å²) < 4.78 is 16.4. The van der Waals surface area contributed by atoms with Gasteiger partial charge in [-0.15, -0.1) is 0 Å². The number of aliphatic imine (C=N–C) groups is 1. The number of pyridine rings is 1. The molecule has 0 bridgehead atoms. The van der Waals surface area contributed by atoms with Crippen LogP contribution in [0, 0.1) is 5.82 Å². The lowest BCUT2D eigenvalue weighted by molar-refractivity contribution is 0.602. The number of aromatic nitrogens is 3. The highest BCUT2D eigenvalue weighted by atomic mass is 79.9. The molecule has 146 valence electrons. The van der Waals surface area contributed by atoms with Crippen molar-refractivity contribution in [3.63, 3.8) is 0 Å². The number of halogens is 2. The predicted molar refractivity (Wildman–Crippen MR) is 112 cm³/mol. The van der Waals surface area contributed by atoms with Crippen LogP contribution < -0.4 is 10.6 Å². The molecule has 0 spiro atoms. The van der Waals surface area contributed by atoms with Crippen LogP contribution in [0.3, 0.4) is 0 Å². The van der Waals surface area contributed by atoms with E-state index in [4.69, 9.17) is 0 Å². The Kier molecular flexibility index (Phi) is 7.13. The lowest BCUT2D eigenvalue weighted by Gasteiger charge is -2.12. The molecule has 3 rings (SSSR count). The van der Waals surface area contributed by atoms with Crippen molar-refractivity contribution in [3.8, 4) is 5.82 Å². The normalized spacial score (nSPS) is 11.5. The van der Waals surface area contributed by atoms with Gasteiger partial charge in [0.1, 0.15) is 18.0 Å². The second kappa shape index (κ2) is 9.98. The topological polar surface area (TPSA) is 67.1 Å². The molecule has 2 aromatic heterocycles. The van der Waals surface area contributed by atoms with Gasteiger partial charge in [0, 0.05) is 43.2 Å². The van der Waals surface area contributed by atoms with E-state index >= 15 is 0 Å². The SMILES string of the molecule is CN=C(NCCCc1ccc(Br)cc1F)NCc1ccc(-n2ccnc2)nc1. The molecular weight excluding hydrogens is 423 g/mol. The molecule has 0 fully saturated rings. The van der Waals surface area contributed by atoms with Crippen LogP contribution in [0.15, 0.2) is 64.7 Å². The van der Waals surface area contributed by atoms with Gasteiger partial charge in [-0.3, -0.25) is 9.56 Å². The van der Waals surface area contributed by atoms with E-state index in [1.54, 1.807) is 19.6 Å². The Balaban J connectivity index is 1.42. The molecule has 0 amide bonds. The Hall–Kier alpha value is -2.74. The molecule has 2 N–H and O–H groups in total. The highest BCUT2D eigenvalue weighted by Crippen LogP contribution is 2.16. The van der Waals surface area contributed by atoms with E-state index in [1.165, 1.54) is 6.07 Å². The van der Waals surface area contributed by atoms with Gasteiger partial charge in [0.25, 0.3) is 0 Å². The first-order chi connectivity index (χ1) is 13.7. The molecule has 0 aliphatic heterocycles. The van der Waals surface area contributed by atoms with Crippen LogP contribution in [0.25, 0.3) is 5.82 Å². The zero-order valence-corrected chi connectivity index (χ0v) is 17.2. The minimum absolute atomic E-state index is 0.177. The largest absolute Gasteiger partial charge is 0.356 e. The van der Waals surface area contributed by atoms with Crippen LogP contribution in [0.4, 0.5) is 4.39 Å². The monoisotopic (exact) mass is 444 g/mol. The smallest absolute Gasteiger partial charge is 0.191 e. The standard InChI is InChI=1S/C20H22BrFN6/c1-23-20(25-8-2-3-16-5-6-17(21)11-18(16)22)27-13-15-4-7-19(26-12-15)28-10-9-24-14-28/h4-7,9-12,14H,2-3,8,13H2,1H3,(H2,23,25,27). The number of guanidine groups is 1. The molecule has 1 aromatic carbocycles. The Labute approximate surface area is 172 Å². The Morgan fingerprint density at radius 1 is 1.25 bits per heavy atom. The number of nitrogens with one attached hydrogen (secondary N) is 2. The molecule has 0 aliphatic carbocycles. The van der Waals surface area contributed by atoms with Gasteiger partial charge in [0.15, 0.2) is 5.96 Å². The molecule has 0 aliphatic rings. The highest BCUT2D eigenvalue weighted by Gasteiger charge is 2.04. The number of hydrogen-bond donors (Lipinski definition) is 2. The maximum atomic E-state index is 13.8. The van der Waals surface area contributed by atoms with Crippen molar-refractivity contribution in [1.82, 2.24) is 25.2 Å². The average molecular weight is 445 g/mol. The van der Waals surface area contributed by atoms with Crippen LogP contribution >= 0.6 is 15.9 Å². The summed E-state index contributed by atoms with van der Waals surface area (Å²) in [5.41, 5.74) is 1.76. The summed E-state index contributed by atoms with van der Waals surface area (Å²) in [4.78, 5) is 12.7. The van der Waals surface area contributed by atoms with Crippen molar-refractivity contribution in [3.05, 3.63) is 76.7 Å². The fourth-order valence-corrected chi connectivity index (χ4v) is 3.02. The minimum atomic E-state index is -0.177. The van der Waals surface area contributed by atoms with E-state index in [-0.39, 0.29) is 5.82 Å². The molecule has 0 radical (unpaired) electrons. The molecule has 0 saturated heterocycles. The van der Waals surface area contributed by atoms with Crippen LogP contribution in [0.5, 0.6) is 0 Å². The predicted octanol–water partition coefficient (Wildman–Crippen LogP) is 3.47. The van der Waals surface area contributed by atoms with E-state index in [1.807, 2.05) is 41.2 Å². The average Bonchev–Trinajstić information content (AvgIpc) is 3.24. The maximum absolute atomic E-state index is 13.8. The zero-order valence-electron chi connectivity index (χ0n) is 15.6.